The second-order valence-corrected chi connectivity index (χ2v) is 6.69. The van der Waals surface area contributed by atoms with Gasteiger partial charge in [-0.3, -0.25) is 4.79 Å². The second kappa shape index (κ2) is 8.86. The Morgan fingerprint density at radius 1 is 1.07 bits per heavy atom. The number of halogens is 1. The first-order valence-corrected chi connectivity index (χ1v) is 9.34. The van der Waals surface area contributed by atoms with Gasteiger partial charge in [-0.2, -0.15) is 0 Å². The smallest absolute Gasteiger partial charge is 0.415 e. The summed E-state index contributed by atoms with van der Waals surface area (Å²) in [5.74, 6) is 0.639. The summed E-state index contributed by atoms with van der Waals surface area (Å²) in [4.78, 5) is 26.7. The van der Waals surface area contributed by atoms with Gasteiger partial charge in [0.15, 0.2) is 17.2 Å². The van der Waals surface area contributed by atoms with E-state index in [2.05, 4.69) is 0 Å². The largest absolute Gasteiger partial charge is 0.493 e. The molecule has 30 heavy (non-hydrogen) atoms. The van der Waals surface area contributed by atoms with E-state index >= 15 is 0 Å². The molecule has 1 amide bonds. The van der Waals surface area contributed by atoms with Crippen LogP contribution in [0.25, 0.3) is 10.8 Å². The molecular weight excluding hydrogens is 391 g/mol. The molecule has 7 nitrogen and oxygen atoms in total. The van der Waals surface area contributed by atoms with Gasteiger partial charge in [-0.15, -0.1) is 0 Å². The lowest BCUT2D eigenvalue weighted by Gasteiger charge is -2.19. The summed E-state index contributed by atoms with van der Waals surface area (Å²) in [5.41, 5.74) is 0.394. The number of amides is 1. The highest BCUT2D eigenvalue weighted by molar-refractivity contribution is 5.92. The standard InChI is InChI=1S/C22H23FN2O5/c1-5-25-13-20(16-10-18(28-3)19(29-4)11-17(16)21(25)26)30-22(27)24(2)12-14-7-6-8-15(23)9-14/h6-11,13H,5,12H2,1-4H3. The second-order valence-electron chi connectivity index (χ2n) is 6.69. The molecule has 0 aliphatic rings. The van der Waals surface area contributed by atoms with Crippen molar-refractivity contribution in [1.82, 2.24) is 9.47 Å². The Morgan fingerprint density at radius 2 is 1.73 bits per heavy atom. The number of pyridine rings is 1. The molecule has 0 saturated carbocycles. The Morgan fingerprint density at radius 3 is 2.33 bits per heavy atom. The normalized spacial score (nSPS) is 10.7. The molecule has 0 N–H and O–H groups in total. The lowest BCUT2D eigenvalue weighted by atomic mass is 10.1. The molecule has 2 aromatic carbocycles. The topological polar surface area (TPSA) is 70.0 Å². The molecule has 0 unspecified atom stereocenters. The van der Waals surface area contributed by atoms with Crippen LogP contribution < -0.4 is 19.8 Å². The minimum atomic E-state index is -0.642. The van der Waals surface area contributed by atoms with E-state index in [-0.39, 0.29) is 23.7 Å². The molecule has 0 aliphatic carbocycles. The van der Waals surface area contributed by atoms with E-state index in [9.17, 15) is 14.0 Å². The number of hydrogen-bond acceptors (Lipinski definition) is 5. The molecule has 0 fully saturated rings. The molecule has 3 aromatic rings. The first kappa shape index (κ1) is 21.2. The number of methoxy groups -OCH3 is 2. The van der Waals surface area contributed by atoms with Crippen LogP contribution in [0.5, 0.6) is 17.2 Å². The zero-order valence-corrected chi connectivity index (χ0v) is 17.3. The Bertz CT molecular complexity index is 1140. The number of carbonyl (C=O) groups excluding carboxylic acids is 1. The Hall–Kier alpha value is -3.55. The molecule has 1 heterocycles. The van der Waals surface area contributed by atoms with Crippen molar-refractivity contribution in [2.24, 2.45) is 0 Å². The first-order valence-electron chi connectivity index (χ1n) is 9.34. The number of carbonyl (C=O) groups is 1. The molecule has 0 spiro atoms. The van der Waals surface area contributed by atoms with Gasteiger partial charge < -0.3 is 23.7 Å². The zero-order valence-electron chi connectivity index (χ0n) is 17.3. The van der Waals surface area contributed by atoms with Crippen LogP contribution in [0, 0.1) is 5.82 Å². The van der Waals surface area contributed by atoms with Gasteiger partial charge in [-0.25, -0.2) is 9.18 Å². The molecule has 158 valence electrons. The van der Waals surface area contributed by atoms with E-state index in [1.807, 2.05) is 6.92 Å². The number of rotatable bonds is 6. The summed E-state index contributed by atoms with van der Waals surface area (Å²) in [7, 11) is 4.51. The van der Waals surface area contributed by atoms with Gasteiger partial charge in [0.1, 0.15) is 5.82 Å². The molecule has 0 bridgehead atoms. The van der Waals surface area contributed by atoms with Gasteiger partial charge in [0, 0.05) is 25.5 Å². The van der Waals surface area contributed by atoms with Crippen molar-refractivity contribution in [2.45, 2.75) is 20.0 Å². The predicted molar refractivity (Wildman–Crippen MR) is 111 cm³/mol. The van der Waals surface area contributed by atoms with E-state index < -0.39 is 6.09 Å². The maximum atomic E-state index is 13.4. The third-order valence-corrected chi connectivity index (χ3v) is 4.71. The number of hydrogen-bond donors (Lipinski definition) is 0. The van der Waals surface area contributed by atoms with E-state index in [1.54, 1.807) is 31.3 Å². The fraction of sp³-hybridized carbons (Fsp3) is 0.273. The summed E-state index contributed by atoms with van der Waals surface area (Å²) in [6, 6.07) is 9.16. The van der Waals surface area contributed by atoms with Gasteiger partial charge in [-0.1, -0.05) is 12.1 Å². The number of benzene rings is 2. The maximum absolute atomic E-state index is 13.4. The van der Waals surface area contributed by atoms with Gasteiger partial charge in [0.05, 0.1) is 25.8 Å². The van der Waals surface area contributed by atoms with Crippen LogP contribution in [0.3, 0.4) is 0 Å². The average Bonchev–Trinajstić information content (AvgIpc) is 2.74. The number of nitrogens with zero attached hydrogens (tertiary/aromatic N) is 2. The molecule has 3 rings (SSSR count). The molecule has 0 saturated heterocycles. The van der Waals surface area contributed by atoms with E-state index in [1.165, 1.54) is 42.0 Å². The minimum absolute atomic E-state index is 0.166. The van der Waals surface area contributed by atoms with Crippen LogP contribution in [0.4, 0.5) is 9.18 Å². The fourth-order valence-corrected chi connectivity index (χ4v) is 3.15. The van der Waals surface area contributed by atoms with Gasteiger partial charge in [0.2, 0.25) is 0 Å². The fourth-order valence-electron chi connectivity index (χ4n) is 3.15. The predicted octanol–water partition coefficient (Wildman–Crippen LogP) is 3.81. The van der Waals surface area contributed by atoms with Crippen molar-refractivity contribution in [2.75, 3.05) is 21.3 Å². The van der Waals surface area contributed by atoms with Crippen LogP contribution in [0.1, 0.15) is 12.5 Å². The molecular formula is C22H23FN2O5. The Kier molecular flexibility index (Phi) is 6.25. The number of aryl methyl sites for hydroxylation is 1. The monoisotopic (exact) mass is 414 g/mol. The van der Waals surface area contributed by atoms with Crippen molar-refractivity contribution in [3.8, 4) is 17.2 Å². The van der Waals surface area contributed by atoms with E-state index in [0.29, 0.717) is 34.4 Å². The van der Waals surface area contributed by atoms with Gasteiger partial charge in [0.25, 0.3) is 5.56 Å². The minimum Gasteiger partial charge on any atom is -0.493 e. The Balaban J connectivity index is 1.98. The van der Waals surface area contributed by atoms with Crippen molar-refractivity contribution < 1.29 is 23.4 Å². The number of aromatic nitrogens is 1. The van der Waals surface area contributed by atoms with Crippen LogP contribution in [-0.2, 0) is 13.1 Å². The third-order valence-electron chi connectivity index (χ3n) is 4.71. The molecule has 0 radical (unpaired) electrons. The number of ether oxygens (including phenoxy) is 3. The van der Waals surface area contributed by atoms with E-state index in [0.717, 1.165) is 0 Å². The summed E-state index contributed by atoms with van der Waals surface area (Å²) in [5, 5.41) is 0.766. The molecule has 0 aliphatic heterocycles. The van der Waals surface area contributed by atoms with Crippen molar-refractivity contribution in [3.05, 3.63) is 64.3 Å². The SMILES string of the molecule is CCn1cc(OC(=O)N(C)Cc2cccc(F)c2)c2cc(OC)c(OC)cc2c1=O. The maximum Gasteiger partial charge on any atom is 0.415 e. The zero-order chi connectivity index (χ0) is 21.8. The summed E-state index contributed by atoms with van der Waals surface area (Å²) in [6.45, 7) is 2.38. The highest BCUT2D eigenvalue weighted by Crippen LogP contribution is 2.35. The molecule has 1 aromatic heterocycles. The van der Waals surface area contributed by atoms with Crippen LogP contribution in [0.15, 0.2) is 47.4 Å². The van der Waals surface area contributed by atoms with E-state index in [4.69, 9.17) is 14.2 Å². The summed E-state index contributed by atoms with van der Waals surface area (Å²) < 4.78 is 31.1. The van der Waals surface area contributed by atoms with Crippen LogP contribution in [-0.4, -0.2) is 36.8 Å². The average molecular weight is 414 g/mol. The number of fused-ring (bicyclic) bond motifs is 1. The summed E-state index contributed by atoms with van der Waals surface area (Å²) >= 11 is 0. The van der Waals surface area contributed by atoms with Gasteiger partial charge >= 0.3 is 6.09 Å². The van der Waals surface area contributed by atoms with Crippen LogP contribution in [0.2, 0.25) is 0 Å². The quantitative estimate of drug-likeness (QED) is 0.614. The van der Waals surface area contributed by atoms with Crippen molar-refractivity contribution >= 4 is 16.9 Å². The van der Waals surface area contributed by atoms with Gasteiger partial charge in [-0.05, 0) is 36.8 Å². The first-order chi connectivity index (χ1) is 14.4. The lowest BCUT2D eigenvalue weighted by molar-refractivity contribution is 0.161. The van der Waals surface area contributed by atoms with Crippen molar-refractivity contribution in [3.63, 3.8) is 0 Å². The van der Waals surface area contributed by atoms with Crippen molar-refractivity contribution in [1.29, 1.82) is 0 Å². The third kappa shape index (κ3) is 4.22. The Labute approximate surface area is 173 Å². The molecule has 8 heteroatoms. The highest BCUT2D eigenvalue weighted by atomic mass is 19.1. The highest BCUT2D eigenvalue weighted by Gasteiger charge is 2.19. The van der Waals surface area contributed by atoms with Crippen LogP contribution >= 0.6 is 0 Å². The summed E-state index contributed by atoms with van der Waals surface area (Å²) in [6.07, 6.45) is 0.849. The lowest BCUT2D eigenvalue weighted by Crippen LogP contribution is -2.30. The molecule has 0 atom stereocenters.